The van der Waals surface area contributed by atoms with Crippen LogP contribution in [0.4, 0.5) is 0 Å². The number of hydrogen-bond acceptors (Lipinski definition) is 6. The molecular formula is C18H22N8. The average Bonchev–Trinajstić information content (AvgIpc) is 3.18. The maximum absolute atomic E-state index is 4.66. The van der Waals surface area contributed by atoms with Crippen LogP contribution in [0.2, 0.25) is 0 Å². The summed E-state index contributed by atoms with van der Waals surface area (Å²) in [5, 5.41) is 7.93. The Kier molecular flexibility index (Phi) is 3.54. The molecule has 4 aromatic rings. The van der Waals surface area contributed by atoms with E-state index in [1.54, 1.807) is 12.5 Å². The fourth-order valence-corrected chi connectivity index (χ4v) is 2.84. The van der Waals surface area contributed by atoms with Crippen LogP contribution in [0.3, 0.4) is 0 Å². The Morgan fingerprint density at radius 2 is 1.62 bits per heavy atom. The van der Waals surface area contributed by atoms with E-state index in [4.69, 9.17) is 0 Å². The number of aromatic nitrogens is 8. The van der Waals surface area contributed by atoms with Crippen LogP contribution in [0.25, 0.3) is 11.6 Å². The predicted molar refractivity (Wildman–Crippen MR) is 97.0 cm³/mol. The summed E-state index contributed by atoms with van der Waals surface area (Å²) in [6, 6.07) is 0. The first-order valence-electron chi connectivity index (χ1n) is 8.60. The van der Waals surface area contributed by atoms with Crippen LogP contribution < -0.4 is 0 Å². The van der Waals surface area contributed by atoms with Crippen LogP contribution in [0.1, 0.15) is 51.8 Å². The molecule has 0 bridgehead atoms. The summed E-state index contributed by atoms with van der Waals surface area (Å²) in [4.78, 5) is 18.4. The molecule has 0 aromatic carbocycles. The third-order valence-corrected chi connectivity index (χ3v) is 4.49. The van der Waals surface area contributed by atoms with Crippen molar-refractivity contribution in [1.29, 1.82) is 0 Å². The fraction of sp³-hybridized carbons (Fsp3) is 0.444. The summed E-state index contributed by atoms with van der Waals surface area (Å²) in [6.07, 6.45) is 9.90. The summed E-state index contributed by atoms with van der Waals surface area (Å²) in [7, 11) is 0. The molecule has 4 rings (SSSR count). The summed E-state index contributed by atoms with van der Waals surface area (Å²) >= 11 is 0. The number of fused-ring (bicyclic) bond motifs is 2. The van der Waals surface area contributed by atoms with Gasteiger partial charge < -0.3 is 0 Å². The van der Waals surface area contributed by atoms with Crippen LogP contribution in [0.5, 0.6) is 0 Å². The van der Waals surface area contributed by atoms with Crippen molar-refractivity contribution in [2.45, 2.75) is 51.9 Å². The molecule has 0 spiro atoms. The van der Waals surface area contributed by atoms with Crippen LogP contribution in [0, 0.1) is 0 Å². The quantitative estimate of drug-likeness (QED) is 0.564. The molecule has 0 atom stereocenters. The first-order chi connectivity index (χ1) is 12.2. The third-order valence-electron chi connectivity index (χ3n) is 4.49. The van der Waals surface area contributed by atoms with Gasteiger partial charge in [0.05, 0.1) is 17.6 Å². The van der Waals surface area contributed by atoms with Gasteiger partial charge in [-0.2, -0.15) is 10.1 Å². The van der Waals surface area contributed by atoms with Crippen molar-refractivity contribution in [3.05, 3.63) is 48.3 Å². The molecule has 8 heteroatoms. The van der Waals surface area contributed by atoms with E-state index < -0.39 is 0 Å². The zero-order chi connectivity index (χ0) is 18.5. The topological polar surface area (TPSA) is 86.2 Å². The van der Waals surface area contributed by atoms with E-state index in [-0.39, 0.29) is 10.8 Å². The maximum Gasteiger partial charge on any atom is 0.253 e. The molecule has 0 saturated carbocycles. The van der Waals surface area contributed by atoms with E-state index in [0.717, 1.165) is 17.2 Å². The summed E-state index contributed by atoms with van der Waals surface area (Å²) in [5.74, 6) is 2.02. The lowest BCUT2D eigenvalue weighted by atomic mass is 9.86. The van der Waals surface area contributed by atoms with Gasteiger partial charge in [-0.1, -0.05) is 34.6 Å². The molecule has 4 aromatic heterocycles. The molecule has 0 radical (unpaired) electrons. The monoisotopic (exact) mass is 350 g/mol. The van der Waals surface area contributed by atoms with Gasteiger partial charge >= 0.3 is 0 Å². The fourth-order valence-electron chi connectivity index (χ4n) is 2.84. The first kappa shape index (κ1) is 16.6. The molecule has 26 heavy (non-hydrogen) atoms. The zero-order valence-electron chi connectivity index (χ0n) is 15.7. The van der Waals surface area contributed by atoms with Gasteiger partial charge in [0.2, 0.25) is 5.78 Å². The van der Waals surface area contributed by atoms with Crippen molar-refractivity contribution in [2.24, 2.45) is 0 Å². The molecule has 0 aliphatic carbocycles. The van der Waals surface area contributed by atoms with E-state index >= 15 is 0 Å². The first-order valence-corrected chi connectivity index (χ1v) is 8.60. The molecule has 0 amide bonds. The van der Waals surface area contributed by atoms with Crippen molar-refractivity contribution in [3.63, 3.8) is 0 Å². The predicted octanol–water partition coefficient (Wildman–Crippen LogP) is 2.38. The Labute approximate surface area is 151 Å². The van der Waals surface area contributed by atoms with E-state index in [2.05, 4.69) is 64.8 Å². The molecule has 0 aliphatic rings. The third kappa shape index (κ3) is 2.91. The van der Waals surface area contributed by atoms with Gasteiger partial charge in [-0.25, -0.2) is 15.0 Å². The van der Waals surface area contributed by atoms with E-state index in [1.165, 1.54) is 0 Å². The molecular weight excluding hydrogens is 328 g/mol. The number of nitrogens with zero attached hydrogens (tertiary/aromatic N) is 8. The van der Waals surface area contributed by atoms with Crippen molar-refractivity contribution in [3.8, 4) is 0 Å². The Morgan fingerprint density at radius 3 is 2.35 bits per heavy atom. The Morgan fingerprint density at radius 1 is 0.885 bits per heavy atom. The smallest absolute Gasteiger partial charge is 0.253 e. The highest BCUT2D eigenvalue weighted by Gasteiger charge is 2.27. The van der Waals surface area contributed by atoms with Crippen LogP contribution >= 0.6 is 0 Å². The van der Waals surface area contributed by atoms with Crippen molar-refractivity contribution >= 4 is 11.6 Å². The second kappa shape index (κ2) is 5.55. The molecule has 0 unspecified atom stereocenters. The van der Waals surface area contributed by atoms with E-state index in [1.807, 2.05) is 27.4 Å². The second-order valence-corrected chi connectivity index (χ2v) is 8.26. The number of hydrogen-bond donors (Lipinski definition) is 0. The Bertz CT molecular complexity index is 1050. The van der Waals surface area contributed by atoms with E-state index in [9.17, 15) is 0 Å². The molecule has 0 aliphatic heterocycles. The van der Waals surface area contributed by atoms with Gasteiger partial charge in [0.1, 0.15) is 12.2 Å². The SMILES string of the molecule is CC(C)(C)c1cn2cnc(CC(C)(C)c3cn4ccnnc4n3)nc2n1. The molecule has 0 fully saturated rings. The number of rotatable bonds is 3. The van der Waals surface area contributed by atoms with Crippen molar-refractivity contribution in [1.82, 2.24) is 38.9 Å². The van der Waals surface area contributed by atoms with Crippen molar-refractivity contribution in [2.75, 3.05) is 0 Å². The summed E-state index contributed by atoms with van der Waals surface area (Å²) < 4.78 is 3.75. The van der Waals surface area contributed by atoms with Gasteiger partial charge in [0, 0.05) is 35.8 Å². The van der Waals surface area contributed by atoms with Crippen molar-refractivity contribution < 1.29 is 0 Å². The van der Waals surface area contributed by atoms with Gasteiger partial charge in [-0.15, -0.1) is 5.10 Å². The van der Waals surface area contributed by atoms with Gasteiger partial charge in [0.25, 0.3) is 5.78 Å². The van der Waals surface area contributed by atoms with Crippen LogP contribution in [-0.4, -0.2) is 38.9 Å². The summed E-state index contributed by atoms with van der Waals surface area (Å²) in [6.45, 7) is 10.7. The minimum atomic E-state index is -0.245. The molecule has 0 N–H and O–H groups in total. The highest BCUT2D eigenvalue weighted by Crippen LogP contribution is 2.26. The highest BCUT2D eigenvalue weighted by atomic mass is 15.2. The molecule has 8 nitrogen and oxygen atoms in total. The average molecular weight is 350 g/mol. The van der Waals surface area contributed by atoms with Gasteiger partial charge in [-0.3, -0.25) is 8.80 Å². The molecule has 0 saturated heterocycles. The normalized spacial score (nSPS) is 13.0. The molecule has 134 valence electrons. The van der Waals surface area contributed by atoms with Crippen LogP contribution in [-0.2, 0) is 17.3 Å². The van der Waals surface area contributed by atoms with Gasteiger partial charge in [0.15, 0.2) is 0 Å². The lowest BCUT2D eigenvalue weighted by Crippen LogP contribution is -2.22. The lowest BCUT2D eigenvalue weighted by Gasteiger charge is -2.20. The maximum atomic E-state index is 4.66. The largest absolute Gasteiger partial charge is 0.288 e. The molecule has 4 heterocycles. The van der Waals surface area contributed by atoms with Crippen LogP contribution in [0.15, 0.2) is 31.1 Å². The van der Waals surface area contributed by atoms with Gasteiger partial charge in [-0.05, 0) is 0 Å². The minimum Gasteiger partial charge on any atom is -0.288 e. The second-order valence-electron chi connectivity index (χ2n) is 8.26. The Hall–Kier alpha value is -2.90. The standard InChI is InChI=1S/C18H22N8/c1-17(2,3)12-9-26-11-19-14(23-15(26)21-12)8-18(4,5)13-10-25-7-6-20-24-16(25)22-13/h6-7,9-11H,8H2,1-5H3. The van der Waals surface area contributed by atoms with E-state index in [0.29, 0.717) is 18.0 Å². The highest BCUT2D eigenvalue weighted by molar-refractivity contribution is 5.34. The Balaban J connectivity index is 1.66. The lowest BCUT2D eigenvalue weighted by molar-refractivity contribution is 0.493. The number of imidazole rings is 2. The zero-order valence-corrected chi connectivity index (χ0v) is 15.7. The minimum absolute atomic E-state index is 0.0231. The summed E-state index contributed by atoms with van der Waals surface area (Å²) in [5.41, 5.74) is 1.67.